The lowest BCUT2D eigenvalue weighted by Crippen LogP contribution is -2.43. The summed E-state index contributed by atoms with van der Waals surface area (Å²) in [7, 11) is 4.02. The predicted octanol–water partition coefficient (Wildman–Crippen LogP) is 1.36. The van der Waals surface area contributed by atoms with Crippen molar-refractivity contribution < 1.29 is 9.84 Å². The Hall–Kier alpha value is -0.120. The Balaban J connectivity index is 4.00. The molecule has 0 fully saturated rings. The zero-order valence-electron chi connectivity index (χ0n) is 10.4. The van der Waals surface area contributed by atoms with E-state index in [1.54, 1.807) is 13.8 Å². The fourth-order valence-corrected chi connectivity index (χ4v) is 1.57. The molecule has 0 rings (SSSR count). The summed E-state index contributed by atoms with van der Waals surface area (Å²) in [5.74, 6) is 0.331. The van der Waals surface area contributed by atoms with E-state index in [0.29, 0.717) is 12.5 Å². The smallest absolute Gasteiger partial charge is 0.0879 e. The first-order valence-corrected chi connectivity index (χ1v) is 5.24. The number of ether oxygens (including phenoxy) is 1. The monoisotopic (exact) mass is 203 g/mol. The van der Waals surface area contributed by atoms with Gasteiger partial charge in [0.2, 0.25) is 0 Å². The van der Waals surface area contributed by atoms with Gasteiger partial charge in [-0.15, -0.1) is 0 Å². The molecule has 0 amide bonds. The molecule has 0 aliphatic rings. The van der Waals surface area contributed by atoms with Gasteiger partial charge in [-0.3, -0.25) is 0 Å². The minimum Gasteiger partial charge on any atom is -0.388 e. The maximum atomic E-state index is 9.87. The summed E-state index contributed by atoms with van der Waals surface area (Å²) in [6.45, 7) is 9.29. The largest absolute Gasteiger partial charge is 0.388 e. The first-order valence-electron chi connectivity index (χ1n) is 5.24. The molecule has 3 heteroatoms. The second-order valence-corrected chi connectivity index (χ2v) is 4.99. The van der Waals surface area contributed by atoms with Crippen molar-refractivity contribution in [2.75, 3.05) is 27.2 Å². The highest BCUT2D eigenvalue weighted by Gasteiger charge is 2.30. The van der Waals surface area contributed by atoms with Crippen LogP contribution in [-0.2, 0) is 4.74 Å². The summed E-state index contributed by atoms with van der Waals surface area (Å²) < 4.78 is 5.69. The van der Waals surface area contributed by atoms with Gasteiger partial charge in [-0.2, -0.15) is 0 Å². The van der Waals surface area contributed by atoms with Gasteiger partial charge in [0.15, 0.2) is 0 Å². The van der Waals surface area contributed by atoms with Crippen LogP contribution in [-0.4, -0.2) is 49.0 Å². The molecular weight excluding hydrogens is 178 g/mol. The zero-order valence-corrected chi connectivity index (χ0v) is 10.4. The van der Waals surface area contributed by atoms with E-state index in [9.17, 15) is 5.11 Å². The Labute approximate surface area is 88.1 Å². The Morgan fingerprint density at radius 3 is 2.07 bits per heavy atom. The fourth-order valence-electron chi connectivity index (χ4n) is 1.57. The van der Waals surface area contributed by atoms with E-state index in [1.807, 2.05) is 14.1 Å². The van der Waals surface area contributed by atoms with Crippen molar-refractivity contribution in [1.82, 2.24) is 4.90 Å². The highest BCUT2D eigenvalue weighted by atomic mass is 16.5. The van der Waals surface area contributed by atoms with Gasteiger partial charge < -0.3 is 14.7 Å². The Morgan fingerprint density at radius 2 is 1.79 bits per heavy atom. The number of aliphatic hydroxyl groups is 1. The SMILES string of the molecule is CC(C)[C@H](OCCN(C)C)C(C)(C)O. The molecule has 0 aromatic carbocycles. The van der Waals surface area contributed by atoms with Gasteiger partial charge in [-0.1, -0.05) is 13.8 Å². The lowest BCUT2D eigenvalue weighted by Gasteiger charge is -2.32. The summed E-state index contributed by atoms with van der Waals surface area (Å²) >= 11 is 0. The molecule has 1 atom stereocenters. The van der Waals surface area contributed by atoms with Crippen molar-refractivity contribution in [3.05, 3.63) is 0 Å². The van der Waals surface area contributed by atoms with Crippen LogP contribution in [0, 0.1) is 5.92 Å². The third-order valence-corrected chi connectivity index (χ3v) is 2.14. The van der Waals surface area contributed by atoms with E-state index < -0.39 is 5.60 Å². The molecule has 3 nitrogen and oxygen atoms in total. The van der Waals surface area contributed by atoms with E-state index in [-0.39, 0.29) is 6.10 Å². The molecular formula is C11H25NO2. The molecule has 14 heavy (non-hydrogen) atoms. The molecule has 0 saturated heterocycles. The molecule has 0 unspecified atom stereocenters. The Kier molecular flexibility index (Phi) is 5.64. The summed E-state index contributed by atoms with van der Waals surface area (Å²) in [6, 6.07) is 0. The average molecular weight is 203 g/mol. The van der Waals surface area contributed by atoms with Crippen molar-refractivity contribution in [2.45, 2.75) is 39.4 Å². The van der Waals surface area contributed by atoms with Gasteiger partial charge in [0.1, 0.15) is 0 Å². The second kappa shape index (κ2) is 5.69. The summed E-state index contributed by atoms with van der Waals surface area (Å²) in [5.41, 5.74) is -0.763. The maximum absolute atomic E-state index is 9.87. The van der Waals surface area contributed by atoms with Crippen LogP contribution in [0.2, 0.25) is 0 Å². The number of rotatable bonds is 6. The van der Waals surface area contributed by atoms with Crippen LogP contribution in [0.4, 0.5) is 0 Å². The van der Waals surface area contributed by atoms with Gasteiger partial charge >= 0.3 is 0 Å². The van der Waals surface area contributed by atoms with Crippen LogP contribution in [0.1, 0.15) is 27.7 Å². The van der Waals surface area contributed by atoms with E-state index in [0.717, 1.165) is 6.54 Å². The van der Waals surface area contributed by atoms with E-state index in [1.165, 1.54) is 0 Å². The molecule has 0 bridgehead atoms. The highest BCUT2D eigenvalue weighted by molar-refractivity contribution is 4.80. The van der Waals surface area contributed by atoms with Crippen LogP contribution in [0.5, 0.6) is 0 Å². The van der Waals surface area contributed by atoms with Crippen LogP contribution in [0.15, 0.2) is 0 Å². The highest BCUT2D eigenvalue weighted by Crippen LogP contribution is 2.20. The molecule has 0 heterocycles. The molecule has 1 N–H and O–H groups in total. The number of hydrogen-bond acceptors (Lipinski definition) is 3. The van der Waals surface area contributed by atoms with Gasteiger partial charge in [0.25, 0.3) is 0 Å². The summed E-state index contributed by atoms with van der Waals surface area (Å²) in [6.07, 6.45) is -0.0950. The summed E-state index contributed by atoms with van der Waals surface area (Å²) in [5, 5.41) is 9.87. The topological polar surface area (TPSA) is 32.7 Å². The normalized spacial score (nSPS) is 15.2. The second-order valence-electron chi connectivity index (χ2n) is 4.99. The van der Waals surface area contributed by atoms with Crippen molar-refractivity contribution >= 4 is 0 Å². The third kappa shape index (κ3) is 5.58. The minimum atomic E-state index is -0.763. The Morgan fingerprint density at radius 1 is 1.29 bits per heavy atom. The minimum absolute atomic E-state index is 0.0950. The Bertz CT molecular complexity index is 150. The maximum Gasteiger partial charge on any atom is 0.0879 e. The third-order valence-electron chi connectivity index (χ3n) is 2.14. The zero-order chi connectivity index (χ0) is 11.4. The molecule has 86 valence electrons. The van der Waals surface area contributed by atoms with Crippen molar-refractivity contribution in [2.24, 2.45) is 5.92 Å². The molecule has 0 aromatic rings. The van der Waals surface area contributed by atoms with Crippen LogP contribution < -0.4 is 0 Å². The molecule has 0 aliphatic heterocycles. The van der Waals surface area contributed by atoms with E-state index >= 15 is 0 Å². The standard InChI is InChI=1S/C11H25NO2/c1-9(2)10(11(3,4)13)14-8-7-12(5)6/h9-10,13H,7-8H2,1-6H3/t10-/m0/s1. The fraction of sp³-hybridized carbons (Fsp3) is 1.00. The lowest BCUT2D eigenvalue weighted by atomic mass is 9.92. The molecule has 0 radical (unpaired) electrons. The summed E-state index contributed by atoms with van der Waals surface area (Å²) in [4.78, 5) is 2.07. The van der Waals surface area contributed by atoms with Crippen LogP contribution >= 0.6 is 0 Å². The van der Waals surface area contributed by atoms with Gasteiger partial charge in [0.05, 0.1) is 18.3 Å². The van der Waals surface area contributed by atoms with Gasteiger partial charge in [0, 0.05) is 6.54 Å². The average Bonchev–Trinajstić information content (AvgIpc) is 1.94. The number of nitrogens with zero attached hydrogens (tertiary/aromatic N) is 1. The van der Waals surface area contributed by atoms with Crippen molar-refractivity contribution in [3.63, 3.8) is 0 Å². The van der Waals surface area contributed by atoms with Gasteiger partial charge in [-0.25, -0.2) is 0 Å². The quantitative estimate of drug-likeness (QED) is 0.707. The molecule has 0 aromatic heterocycles. The lowest BCUT2D eigenvalue weighted by molar-refractivity contribution is -0.110. The predicted molar refractivity (Wildman–Crippen MR) is 59.4 cm³/mol. The van der Waals surface area contributed by atoms with Crippen molar-refractivity contribution in [1.29, 1.82) is 0 Å². The first kappa shape index (κ1) is 13.9. The van der Waals surface area contributed by atoms with Crippen molar-refractivity contribution in [3.8, 4) is 0 Å². The van der Waals surface area contributed by atoms with E-state index in [2.05, 4.69) is 18.7 Å². The number of likely N-dealkylation sites (N-methyl/N-ethyl adjacent to an activating group) is 1. The van der Waals surface area contributed by atoms with E-state index in [4.69, 9.17) is 4.74 Å². The van der Waals surface area contributed by atoms with Crippen LogP contribution in [0.3, 0.4) is 0 Å². The molecule has 0 spiro atoms. The molecule has 0 saturated carbocycles. The number of hydrogen-bond donors (Lipinski definition) is 1. The van der Waals surface area contributed by atoms with Gasteiger partial charge in [-0.05, 0) is 33.9 Å². The van der Waals surface area contributed by atoms with Crippen LogP contribution in [0.25, 0.3) is 0 Å². The first-order chi connectivity index (χ1) is 6.25. The molecule has 0 aliphatic carbocycles.